The third-order valence-corrected chi connectivity index (χ3v) is 3.23. The SMILES string of the molecule is FCc1ccc(NCC2CCNCC2)c(F)c1. The zero-order valence-electron chi connectivity index (χ0n) is 9.81. The maximum absolute atomic E-state index is 13.5. The molecule has 0 amide bonds. The van der Waals surface area contributed by atoms with E-state index >= 15 is 0 Å². The van der Waals surface area contributed by atoms with Gasteiger partial charge in [0, 0.05) is 6.54 Å². The lowest BCUT2D eigenvalue weighted by atomic mass is 9.98. The van der Waals surface area contributed by atoms with E-state index < -0.39 is 6.67 Å². The molecule has 0 unspecified atom stereocenters. The summed E-state index contributed by atoms with van der Waals surface area (Å²) in [7, 11) is 0. The quantitative estimate of drug-likeness (QED) is 0.845. The van der Waals surface area contributed by atoms with Crippen LogP contribution in [0.5, 0.6) is 0 Å². The van der Waals surface area contributed by atoms with Gasteiger partial charge in [0.1, 0.15) is 12.5 Å². The van der Waals surface area contributed by atoms with Gasteiger partial charge in [0.15, 0.2) is 0 Å². The van der Waals surface area contributed by atoms with Crippen molar-refractivity contribution in [3.63, 3.8) is 0 Å². The Bertz CT molecular complexity index is 362. The van der Waals surface area contributed by atoms with Crippen molar-refractivity contribution in [2.75, 3.05) is 25.0 Å². The van der Waals surface area contributed by atoms with Gasteiger partial charge in [0.25, 0.3) is 0 Å². The first-order chi connectivity index (χ1) is 8.29. The van der Waals surface area contributed by atoms with Crippen LogP contribution in [-0.4, -0.2) is 19.6 Å². The number of rotatable bonds is 4. The van der Waals surface area contributed by atoms with Crippen LogP contribution in [0.15, 0.2) is 18.2 Å². The molecule has 2 N–H and O–H groups in total. The van der Waals surface area contributed by atoms with Crippen molar-refractivity contribution in [3.8, 4) is 0 Å². The predicted molar refractivity (Wildman–Crippen MR) is 65.3 cm³/mol. The average Bonchev–Trinajstić information content (AvgIpc) is 2.38. The maximum Gasteiger partial charge on any atom is 0.146 e. The highest BCUT2D eigenvalue weighted by Crippen LogP contribution is 2.18. The van der Waals surface area contributed by atoms with Gasteiger partial charge in [-0.05, 0) is 49.5 Å². The lowest BCUT2D eigenvalue weighted by Gasteiger charge is -2.23. The second-order valence-corrected chi connectivity index (χ2v) is 4.52. The van der Waals surface area contributed by atoms with Gasteiger partial charge < -0.3 is 10.6 Å². The Morgan fingerprint density at radius 1 is 1.29 bits per heavy atom. The van der Waals surface area contributed by atoms with E-state index in [0.717, 1.165) is 32.5 Å². The third kappa shape index (κ3) is 3.40. The van der Waals surface area contributed by atoms with Gasteiger partial charge in [-0.2, -0.15) is 0 Å². The van der Waals surface area contributed by atoms with E-state index in [4.69, 9.17) is 0 Å². The second-order valence-electron chi connectivity index (χ2n) is 4.52. The molecule has 0 aromatic heterocycles. The molecule has 4 heteroatoms. The van der Waals surface area contributed by atoms with Crippen LogP contribution < -0.4 is 10.6 Å². The molecule has 1 aliphatic heterocycles. The molecule has 0 spiro atoms. The molecule has 1 aliphatic rings. The van der Waals surface area contributed by atoms with Crippen molar-refractivity contribution in [1.82, 2.24) is 5.32 Å². The standard InChI is InChI=1S/C13H18F2N2/c14-8-11-1-2-13(12(15)7-11)17-9-10-3-5-16-6-4-10/h1-2,7,10,16-17H,3-6,8-9H2. The first kappa shape index (κ1) is 12.3. The Kier molecular flexibility index (Phi) is 4.31. The molecule has 0 aliphatic carbocycles. The molecule has 0 bridgehead atoms. The van der Waals surface area contributed by atoms with Gasteiger partial charge in [-0.1, -0.05) is 6.07 Å². The van der Waals surface area contributed by atoms with Gasteiger partial charge in [0.05, 0.1) is 5.69 Å². The number of nitrogens with one attached hydrogen (secondary N) is 2. The normalized spacial score (nSPS) is 17.1. The monoisotopic (exact) mass is 240 g/mol. The van der Waals surface area contributed by atoms with E-state index in [-0.39, 0.29) is 5.82 Å². The van der Waals surface area contributed by atoms with Crippen molar-refractivity contribution in [3.05, 3.63) is 29.6 Å². The van der Waals surface area contributed by atoms with Crippen molar-refractivity contribution < 1.29 is 8.78 Å². The van der Waals surface area contributed by atoms with Gasteiger partial charge in [-0.3, -0.25) is 0 Å². The molecule has 0 saturated carbocycles. The van der Waals surface area contributed by atoms with Crippen molar-refractivity contribution >= 4 is 5.69 Å². The van der Waals surface area contributed by atoms with Crippen LogP contribution in [0.1, 0.15) is 18.4 Å². The number of hydrogen-bond donors (Lipinski definition) is 2. The number of hydrogen-bond acceptors (Lipinski definition) is 2. The minimum absolute atomic E-state index is 0.367. The van der Waals surface area contributed by atoms with Crippen molar-refractivity contribution in [1.29, 1.82) is 0 Å². The largest absolute Gasteiger partial charge is 0.382 e. The van der Waals surface area contributed by atoms with Crippen molar-refractivity contribution in [2.45, 2.75) is 19.5 Å². The van der Waals surface area contributed by atoms with Crippen LogP contribution in [0.4, 0.5) is 14.5 Å². The minimum atomic E-state index is -0.620. The van der Waals surface area contributed by atoms with E-state index in [2.05, 4.69) is 10.6 Å². The molecule has 94 valence electrons. The molecule has 0 atom stereocenters. The number of piperidine rings is 1. The summed E-state index contributed by atoms with van der Waals surface area (Å²) < 4.78 is 25.9. The van der Waals surface area contributed by atoms with Crippen LogP contribution in [-0.2, 0) is 6.67 Å². The first-order valence-corrected chi connectivity index (χ1v) is 6.08. The van der Waals surface area contributed by atoms with E-state index in [1.807, 2.05) is 0 Å². The Labute approximate surface area is 100 Å². The Morgan fingerprint density at radius 2 is 2.06 bits per heavy atom. The van der Waals surface area contributed by atoms with Crippen LogP contribution in [0.3, 0.4) is 0 Å². The van der Waals surface area contributed by atoms with E-state index in [0.29, 0.717) is 17.2 Å². The van der Waals surface area contributed by atoms with Crippen molar-refractivity contribution in [2.24, 2.45) is 5.92 Å². The lowest BCUT2D eigenvalue weighted by molar-refractivity contribution is 0.389. The Balaban J connectivity index is 1.89. The number of anilines is 1. The molecule has 0 radical (unpaired) electrons. The summed E-state index contributed by atoms with van der Waals surface area (Å²) in [5.41, 5.74) is 0.857. The highest BCUT2D eigenvalue weighted by Gasteiger charge is 2.13. The summed E-state index contributed by atoms with van der Waals surface area (Å²) in [4.78, 5) is 0. The van der Waals surface area contributed by atoms with Gasteiger partial charge in [0.2, 0.25) is 0 Å². The molecule has 1 heterocycles. The fraction of sp³-hybridized carbons (Fsp3) is 0.538. The fourth-order valence-electron chi connectivity index (χ4n) is 2.13. The molecule has 1 aromatic rings. The smallest absolute Gasteiger partial charge is 0.146 e. The van der Waals surface area contributed by atoms with Gasteiger partial charge in [-0.25, -0.2) is 8.78 Å². The van der Waals surface area contributed by atoms with E-state index in [9.17, 15) is 8.78 Å². The average molecular weight is 240 g/mol. The highest BCUT2D eigenvalue weighted by molar-refractivity contribution is 5.46. The summed E-state index contributed by atoms with van der Waals surface area (Å²) in [5, 5.41) is 6.40. The molecular formula is C13H18F2N2. The summed E-state index contributed by atoms with van der Waals surface area (Å²) in [6, 6.07) is 4.49. The minimum Gasteiger partial charge on any atom is -0.382 e. The van der Waals surface area contributed by atoms with E-state index in [1.54, 1.807) is 12.1 Å². The summed E-state index contributed by atoms with van der Waals surface area (Å²) in [6.45, 7) is 2.24. The van der Waals surface area contributed by atoms with Gasteiger partial charge >= 0.3 is 0 Å². The molecular weight excluding hydrogens is 222 g/mol. The molecule has 2 rings (SSSR count). The zero-order valence-corrected chi connectivity index (χ0v) is 9.81. The first-order valence-electron chi connectivity index (χ1n) is 6.08. The Morgan fingerprint density at radius 3 is 2.71 bits per heavy atom. The summed E-state index contributed by atoms with van der Waals surface area (Å²) in [6.07, 6.45) is 2.24. The lowest BCUT2D eigenvalue weighted by Crippen LogP contribution is -2.31. The number of benzene rings is 1. The summed E-state index contributed by atoms with van der Waals surface area (Å²) >= 11 is 0. The fourth-order valence-corrected chi connectivity index (χ4v) is 2.13. The zero-order chi connectivity index (χ0) is 12.1. The van der Waals surface area contributed by atoms with Crippen LogP contribution in [0.2, 0.25) is 0 Å². The number of halogens is 2. The van der Waals surface area contributed by atoms with E-state index in [1.165, 1.54) is 6.07 Å². The second kappa shape index (κ2) is 5.96. The van der Waals surface area contributed by atoms with Gasteiger partial charge in [-0.15, -0.1) is 0 Å². The molecule has 1 aromatic carbocycles. The molecule has 1 fully saturated rings. The van der Waals surface area contributed by atoms with Crippen LogP contribution in [0.25, 0.3) is 0 Å². The predicted octanol–water partition coefficient (Wildman–Crippen LogP) is 2.71. The Hall–Kier alpha value is -1.16. The third-order valence-electron chi connectivity index (χ3n) is 3.23. The molecule has 2 nitrogen and oxygen atoms in total. The molecule has 17 heavy (non-hydrogen) atoms. The van der Waals surface area contributed by atoms with Crippen LogP contribution in [0, 0.1) is 11.7 Å². The number of alkyl halides is 1. The van der Waals surface area contributed by atoms with Crippen LogP contribution >= 0.6 is 0 Å². The highest BCUT2D eigenvalue weighted by atomic mass is 19.1. The summed E-state index contributed by atoms with van der Waals surface area (Å²) in [5.74, 6) is 0.227. The maximum atomic E-state index is 13.5. The topological polar surface area (TPSA) is 24.1 Å². The molecule has 1 saturated heterocycles.